The Balaban J connectivity index is 2.65. The summed E-state index contributed by atoms with van der Waals surface area (Å²) in [6.07, 6.45) is 6.96. The fraction of sp³-hybridized carbons (Fsp3) is 0.786. The van der Waals surface area contributed by atoms with Gasteiger partial charge in [-0.3, -0.25) is 4.68 Å². The van der Waals surface area contributed by atoms with Crippen molar-refractivity contribution in [3.8, 4) is 0 Å². The van der Waals surface area contributed by atoms with Crippen LogP contribution in [0.5, 0.6) is 0 Å². The lowest BCUT2D eigenvalue weighted by Gasteiger charge is -2.16. The van der Waals surface area contributed by atoms with Crippen LogP contribution >= 0.6 is 0 Å². The van der Waals surface area contributed by atoms with Crippen molar-refractivity contribution < 1.29 is 0 Å². The van der Waals surface area contributed by atoms with Gasteiger partial charge < -0.3 is 5.32 Å². The summed E-state index contributed by atoms with van der Waals surface area (Å²) >= 11 is 0. The molecule has 0 bridgehead atoms. The molecule has 0 radical (unpaired) electrons. The van der Waals surface area contributed by atoms with Crippen molar-refractivity contribution in [1.82, 2.24) is 15.1 Å². The first kappa shape index (κ1) is 14.2. The molecule has 3 heteroatoms. The number of rotatable bonds is 7. The van der Waals surface area contributed by atoms with Crippen LogP contribution in [0.2, 0.25) is 0 Å². The van der Waals surface area contributed by atoms with Gasteiger partial charge in [-0.1, -0.05) is 33.6 Å². The van der Waals surface area contributed by atoms with E-state index in [1.165, 1.54) is 30.5 Å². The molecule has 1 atom stereocenters. The Bertz CT molecular complexity index is 328. The highest BCUT2D eigenvalue weighted by atomic mass is 15.3. The molecule has 0 spiro atoms. The van der Waals surface area contributed by atoms with Gasteiger partial charge in [0.1, 0.15) is 0 Å². The summed E-state index contributed by atoms with van der Waals surface area (Å²) in [7, 11) is 4.05. The summed E-state index contributed by atoms with van der Waals surface area (Å²) in [4.78, 5) is 0. The summed E-state index contributed by atoms with van der Waals surface area (Å²) in [5.74, 6) is 0.798. The second-order valence-corrected chi connectivity index (χ2v) is 5.22. The predicted octanol–water partition coefficient (Wildman–Crippen LogP) is 3.07. The maximum absolute atomic E-state index is 4.52. The molecule has 0 saturated carbocycles. The monoisotopic (exact) mass is 237 g/mol. The largest absolute Gasteiger partial charge is 0.313 e. The highest BCUT2D eigenvalue weighted by molar-refractivity contribution is 5.21. The van der Waals surface area contributed by atoms with Gasteiger partial charge in [0.2, 0.25) is 0 Å². The quantitative estimate of drug-likeness (QED) is 0.790. The Hall–Kier alpha value is -0.830. The average Bonchev–Trinajstić information content (AvgIpc) is 2.65. The first-order chi connectivity index (χ1) is 8.08. The van der Waals surface area contributed by atoms with Crippen LogP contribution in [0.25, 0.3) is 0 Å². The number of hydrogen-bond acceptors (Lipinski definition) is 2. The van der Waals surface area contributed by atoms with E-state index in [9.17, 15) is 0 Å². The summed E-state index contributed by atoms with van der Waals surface area (Å²) in [6, 6.07) is 0.456. The van der Waals surface area contributed by atoms with Crippen LogP contribution in [-0.4, -0.2) is 16.8 Å². The minimum absolute atomic E-state index is 0.456. The van der Waals surface area contributed by atoms with E-state index in [1.54, 1.807) is 0 Å². The van der Waals surface area contributed by atoms with E-state index in [0.29, 0.717) is 6.04 Å². The van der Waals surface area contributed by atoms with Crippen molar-refractivity contribution >= 4 is 0 Å². The van der Waals surface area contributed by atoms with Gasteiger partial charge in [0.15, 0.2) is 0 Å². The van der Waals surface area contributed by atoms with Crippen molar-refractivity contribution in [2.24, 2.45) is 13.0 Å². The molecule has 98 valence electrons. The molecular weight excluding hydrogens is 210 g/mol. The van der Waals surface area contributed by atoms with E-state index in [2.05, 4.69) is 37.4 Å². The van der Waals surface area contributed by atoms with E-state index in [0.717, 1.165) is 12.3 Å². The Labute approximate surface area is 106 Å². The first-order valence-electron chi connectivity index (χ1n) is 6.78. The fourth-order valence-electron chi connectivity index (χ4n) is 2.30. The first-order valence-corrected chi connectivity index (χ1v) is 6.78. The zero-order valence-electron chi connectivity index (χ0n) is 12.0. The molecule has 1 heterocycles. The van der Waals surface area contributed by atoms with Crippen LogP contribution in [0.1, 0.15) is 57.3 Å². The second kappa shape index (κ2) is 6.80. The Morgan fingerprint density at radius 1 is 1.35 bits per heavy atom. The molecule has 0 amide bonds. The van der Waals surface area contributed by atoms with Crippen molar-refractivity contribution in [2.45, 2.75) is 52.5 Å². The average molecular weight is 237 g/mol. The molecule has 0 aliphatic carbocycles. The topological polar surface area (TPSA) is 29.9 Å². The van der Waals surface area contributed by atoms with Crippen molar-refractivity contribution in [2.75, 3.05) is 7.05 Å². The molecule has 0 saturated heterocycles. The molecule has 1 aromatic rings. The minimum atomic E-state index is 0.456. The molecule has 1 N–H and O–H groups in total. The number of nitrogens with one attached hydrogen (secondary N) is 1. The van der Waals surface area contributed by atoms with E-state index < -0.39 is 0 Å². The van der Waals surface area contributed by atoms with Gasteiger partial charge in [-0.15, -0.1) is 0 Å². The molecule has 0 aliphatic rings. The van der Waals surface area contributed by atoms with E-state index in [4.69, 9.17) is 0 Å². The molecule has 1 rings (SSSR count). The lowest BCUT2D eigenvalue weighted by molar-refractivity contribution is 0.469. The summed E-state index contributed by atoms with van der Waals surface area (Å²) in [6.45, 7) is 6.75. The minimum Gasteiger partial charge on any atom is -0.313 e. The smallest absolute Gasteiger partial charge is 0.0669 e. The molecule has 17 heavy (non-hydrogen) atoms. The SMILES string of the molecule is CCc1nn(C)cc1C(CCCC(C)C)NC. The van der Waals surface area contributed by atoms with Crippen LogP contribution in [0.3, 0.4) is 0 Å². The lowest BCUT2D eigenvalue weighted by Crippen LogP contribution is -2.17. The predicted molar refractivity (Wildman–Crippen MR) is 73.1 cm³/mol. The molecule has 0 aliphatic heterocycles. The molecule has 0 aromatic carbocycles. The van der Waals surface area contributed by atoms with Gasteiger partial charge in [-0.25, -0.2) is 0 Å². The van der Waals surface area contributed by atoms with Crippen LogP contribution in [0.15, 0.2) is 6.20 Å². The second-order valence-electron chi connectivity index (χ2n) is 5.22. The summed E-state index contributed by atoms with van der Waals surface area (Å²) < 4.78 is 1.93. The van der Waals surface area contributed by atoms with E-state index in [-0.39, 0.29) is 0 Å². The molecule has 3 nitrogen and oxygen atoms in total. The normalized spacial score (nSPS) is 13.3. The molecule has 1 unspecified atom stereocenters. The third kappa shape index (κ3) is 4.15. The zero-order chi connectivity index (χ0) is 12.8. The van der Waals surface area contributed by atoms with Gasteiger partial charge in [0.25, 0.3) is 0 Å². The fourth-order valence-corrected chi connectivity index (χ4v) is 2.30. The maximum atomic E-state index is 4.52. The van der Waals surface area contributed by atoms with Gasteiger partial charge in [0, 0.05) is 24.8 Å². The van der Waals surface area contributed by atoms with Crippen molar-refractivity contribution in [3.63, 3.8) is 0 Å². The van der Waals surface area contributed by atoms with Gasteiger partial charge in [0.05, 0.1) is 5.69 Å². The third-order valence-corrected chi connectivity index (χ3v) is 3.27. The molecule has 0 fully saturated rings. The lowest BCUT2D eigenvalue weighted by atomic mass is 9.98. The number of aromatic nitrogens is 2. The highest BCUT2D eigenvalue weighted by Gasteiger charge is 2.15. The number of nitrogens with zero attached hydrogens (tertiary/aromatic N) is 2. The van der Waals surface area contributed by atoms with Crippen molar-refractivity contribution in [1.29, 1.82) is 0 Å². The van der Waals surface area contributed by atoms with Crippen LogP contribution in [0.4, 0.5) is 0 Å². The number of aryl methyl sites for hydroxylation is 2. The Kier molecular flexibility index (Phi) is 5.69. The molecular formula is C14H27N3. The Morgan fingerprint density at radius 2 is 2.06 bits per heavy atom. The van der Waals surface area contributed by atoms with Crippen LogP contribution in [0, 0.1) is 5.92 Å². The summed E-state index contributed by atoms with van der Waals surface area (Å²) in [5, 5.41) is 7.94. The van der Waals surface area contributed by atoms with Gasteiger partial charge in [-0.05, 0) is 25.8 Å². The van der Waals surface area contributed by atoms with Gasteiger partial charge in [-0.2, -0.15) is 5.10 Å². The standard InChI is InChI=1S/C14H27N3/c1-6-13-12(10-17(5)16-13)14(15-4)9-7-8-11(2)3/h10-11,14-15H,6-9H2,1-5H3. The molecule has 1 aromatic heterocycles. The van der Waals surface area contributed by atoms with Crippen LogP contribution < -0.4 is 5.32 Å². The van der Waals surface area contributed by atoms with Crippen LogP contribution in [-0.2, 0) is 13.5 Å². The third-order valence-electron chi connectivity index (χ3n) is 3.27. The maximum Gasteiger partial charge on any atom is 0.0669 e. The van der Waals surface area contributed by atoms with Gasteiger partial charge >= 0.3 is 0 Å². The zero-order valence-corrected chi connectivity index (χ0v) is 12.0. The van der Waals surface area contributed by atoms with E-state index in [1.807, 2.05) is 18.8 Å². The Morgan fingerprint density at radius 3 is 2.59 bits per heavy atom. The van der Waals surface area contributed by atoms with Crippen molar-refractivity contribution in [3.05, 3.63) is 17.5 Å². The number of hydrogen-bond donors (Lipinski definition) is 1. The highest BCUT2D eigenvalue weighted by Crippen LogP contribution is 2.23. The summed E-state index contributed by atoms with van der Waals surface area (Å²) in [5.41, 5.74) is 2.61. The van der Waals surface area contributed by atoms with E-state index >= 15 is 0 Å².